The molecule has 0 spiro atoms. The van der Waals surface area contributed by atoms with Crippen LogP contribution >= 0.6 is 12.6 Å². The van der Waals surface area contributed by atoms with Crippen LogP contribution < -0.4 is 5.32 Å². The highest BCUT2D eigenvalue weighted by Gasteiger charge is 2.05. The van der Waals surface area contributed by atoms with Crippen LogP contribution in [0.4, 0.5) is 0 Å². The van der Waals surface area contributed by atoms with E-state index in [1.165, 1.54) is 0 Å². The van der Waals surface area contributed by atoms with Gasteiger partial charge < -0.3 is 10.2 Å². The largest absolute Gasteiger partial charge is 0.373 e. The molecule has 1 N–H and O–H groups in total. The average Bonchev–Trinajstić information content (AvgIpc) is 2.12. The summed E-state index contributed by atoms with van der Waals surface area (Å²) in [7, 11) is 0. The maximum absolute atomic E-state index is 4.23. The zero-order valence-corrected chi connectivity index (χ0v) is 5.73. The molecule has 0 fully saturated rings. The molecule has 3 heteroatoms. The molecule has 1 aliphatic heterocycles. The van der Waals surface area contributed by atoms with Crippen molar-refractivity contribution in [1.82, 2.24) is 10.2 Å². The number of hydrogen-bond donors (Lipinski definition) is 2. The van der Waals surface area contributed by atoms with Crippen molar-refractivity contribution in [2.75, 3.05) is 6.67 Å². The average molecular weight is 130 g/mol. The number of thiol groups is 1. The van der Waals surface area contributed by atoms with Crippen molar-refractivity contribution < 1.29 is 0 Å². The summed E-state index contributed by atoms with van der Waals surface area (Å²) in [6.45, 7) is 2.94. The van der Waals surface area contributed by atoms with E-state index >= 15 is 0 Å². The van der Waals surface area contributed by atoms with Crippen molar-refractivity contribution in [1.29, 1.82) is 0 Å². The Hall–Kier alpha value is -0.310. The quantitative estimate of drug-likeness (QED) is 0.505. The summed E-state index contributed by atoms with van der Waals surface area (Å²) in [6, 6.07) is 0. The van der Waals surface area contributed by atoms with Gasteiger partial charge in [0.25, 0.3) is 0 Å². The van der Waals surface area contributed by atoms with Gasteiger partial charge in [-0.1, -0.05) is 0 Å². The summed E-state index contributed by atoms with van der Waals surface area (Å²) in [4.78, 5) is 2.10. The molecule has 0 aromatic rings. The Morgan fingerprint density at radius 2 is 2.62 bits per heavy atom. The number of nitrogens with one attached hydrogen (secondary N) is 1. The highest BCUT2D eigenvalue weighted by molar-refractivity contribution is 7.80. The van der Waals surface area contributed by atoms with Gasteiger partial charge in [-0.25, -0.2) is 0 Å². The zero-order valence-electron chi connectivity index (χ0n) is 4.83. The van der Waals surface area contributed by atoms with Gasteiger partial charge in [0.15, 0.2) is 0 Å². The Kier molecular flexibility index (Phi) is 1.68. The SMILES string of the molecule is CC(S)N1C=CNC1. The Labute approximate surface area is 55.0 Å². The van der Waals surface area contributed by atoms with Crippen molar-refractivity contribution in [3.8, 4) is 0 Å². The molecule has 0 amide bonds. The van der Waals surface area contributed by atoms with E-state index in [4.69, 9.17) is 0 Å². The van der Waals surface area contributed by atoms with E-state index in [2.05, 4.69) is 22.8 Å². The van der Waals surface area contributed by atoms with Crippen LogP contribution in [0.3, 0.4) is 0 Å². The maximum Gasteiger partial charge on any atom is 0.0877 e. The number of nitrogens with zero attached hydrogens (tertiary/aromatic N) is 1. The molecule has 46 valence electrons. The van der Waals surface area contributed by atoms with Crippen LogP contribution in [-0.4, -0.2) is 16.9 Å². The molecule has 1 unspecified atom stereocenters. The minimum absolute atomic E-state index is 0.321. The van der Waals surface area contributed by atoms with Gasteiger partial charge in [-0.3, -0.25) is 0 Å². The summed E-state index contributed by atoms with van der Waals surface area (Å²) in [6.07, 6.45) is 3.92. The van der Waals surface area contributed by atoms with Crippen LogP contribution in [0, 0.1) is 0 Å². The van der Waals surface area contributed by atoms with E-state index in [1.807, 2.05) is 19.3 Å². The fraction of sp³-hybridized carbons (Fsp3) is 0.600. The minimum atomic E-state index is 0.321. The fourth-order valence-electron chi connectivity index (χ4n) is 0.616. The van der Waals surface area contributed by atoms with Gasteiger partial charge in [0.2, 0.25) is 0 Å². The van der Waals surface area contributed by atoms with Crippen LogP contribution in [0.2, 0.25) is 0 Å². The molecule has 1 rings (SSSR count). The summed E-state index contributed by atoms with van der Waals surface area (Å²) < 4.78 is 0. The van der Waals surface area contributed by atoms with Crippen LogP contribution in [0.25, 0.3) is 0 Å². The van der Waals surface area contributed by atoms with E-state index in [0.717, 1.165) is 6.67 Å². The molecule has 2 nitrogen and oxygen atoms in total. The second-order valence-electron chi connectivity index (χ2n) is 1.82. The number of rotatable bonds is 1. The predicted octanol–water partition coefficient (Wildman–Crippen LogP) is 0.596. The summed E-state index contributed by atoms with van der Waals surface area (Å²) in [5.41, 5.74) is 0. The summed E-state index contributed by atoms with van der Waals surface area (Å²) >= 11 is 4.23. The highest BCUT2D eigenvalue weighted by Crippen LogP contribution is 2.04. The Balaban J connectivity index is 2.36. The van der Waals surface area contributed by atoms with Crippen molar-refractivity contribution in [3.05, 3.63) is 12.4 Å². The molecular weight excluding hydrogens is 120 g/mol. The van der Waals surface area contributed by atoms with Crippen molar-refractivity contribution in [2.45, 2.75) is 12.3 Å². The molecule has 1 aliphatic rings. The van der Waals surface area contributed by atoms with E-state index < -0.39 is 0 Å². The first-order valence-corrected chi connectivity index (χ1v) is 3.16. The van der Waals surface area contributed by atoms with Crippen molar-refractivity contribution in [2.24, 2.45) is 0 Å². The van der Waals surface area contributed by atoms with Crippen LogP contribution in [0.15, 0.2) is 12.4 Å². The number of hydrogen-bond acceptors (Lipinski definition) is 3. The molecule has 1 heterocycles. The zero-order chi connectivity index (χ0) is 5.98. The smallest absolute Gasteiger partial charge is 0.0877 e. The van der Waals surface area contributed by atoms with Crippen molar-refractivity contribution in [3.63, 3.8) is 0 Å². The first kappa shape index (κ1) is 5.82. The third-order valence-electron chi connectivity index (χ3n) is 1.14. The molecule has 0 aromatic heterocycles. The van der Waals surface area contributed by atoms with Crippen LogP contribution in [0.1, 0.15) is 6.92 Å². The molecule has 1 atom stereocenters. The first-order valence-electron chi connectivity index (χ1n) is 2.64. The summed E-state index contributed by atoms with van der Waals surface area (Å²) in [5.74, 6) is 0. The van der Waals surface area contributed by atoms with Gasteiger partial charge >= 0.3 is 0 Å². The van der Waals surface area contributed by atoms with Gasteiger partial charge in [0.05, 0.1) is 12.0 Å². The first-order chi connectivity index (χ1) is 3.80. The van der Waals surface area contributed by atoms with Crippen molar-refractivity contribution >= 4 is 12.6 Å². The molecule has 0 radical (unpaired) electrons. The normalized spacial score (nSPS) is 21.0. The lowest BCUT2D eigenvalue weighted by Gasteiger charge is -2.17. The van der Waals surface area contributed by atoms with Gasteiger partial charge in [0.1, 0.15) is 0 Å². The molecule has 8 heavy (non-hydrogen) atoms. The Bertz CT molecular complexity index is 101. The van der Waals surface area contributed by atoms with E-state index in [1.54, 1.807) is 0 Å². The van der Waals surface area contributed by atoms with E-state index in [9.17, 15) is 0 Å². The molecule has 0 saturated heterocycles. The standard InChI is InChI=1S/C5H10N2S/c1-5(8)7-3-2-6-4-7/h2-3,5-6,8H,4H2,1H3. The monoisotopic (exact) mass is 130 g/mol. The lowest BCUT2D eigenvalue weighted by atomic mass is 10.6. The third kappa shape index (κ3) is 1.10. The second kappa shape index (κ2) is 2.31. The van der Waals surface area contributed by atoms with E-state index in [0.29, 0.717) is 5.37 Å². The van der Waals surface area contributed by atoms with E-state index in [-0.39, 0.29) is 0 Å². The fourth-order valence-corrected chi connectivity index (χ4v) is 0.775. The van der Waals surface area contributed by atoms with Crippen LogP contribution in [0.5, 0.6) is 0 Å². The third-order valence-corrected chi connectivity index (χ3v) is 1.43. The minimum Gasteiger partial charge on any atom is -0.373 e. The Morgan fingerprint density at radius 3 is 2.88 bits per heavy atom. The predicted molar refractivity (Wildman–Crippen MR) is 37.4 cm³/mol. The molecule has 0 saturated carbocycles. The maximum atomic E-state index is 4.23. The lowest BCUT2D eigenvalue weighted by molar-refractivity contribution is 0.387. The van der Waals surface area contributed by atoms with Gasteiger partial charge in [-0.15, -0.1) is 0 Å². The van der Waals surface area contributed by atoms with Gasteiger partial charge in [-0.2, -0.15) is 12.6 Å². The second-order valence-corrected chi connectivity index (χ2v) is 2.57. The Morgan fingerprint density at radius 1 is 1.88 bits per heavy atom. The lowest BCUT2D eigenvalue weighted by Crippen LogP contribution is -2.25. The summed E-state index contributed by atoms with van der Waals surface area (Å²) in [5, 5.41) is 3.37. The molecule has 0 bridgehead atoms. The topological polar surface area (TPSA) is 15.3 Å². The molecular formula is C5H10N2S. The molecule has 0 aliphatic carbocycles. The highest BCUT2D eigenvalue weighted by atomic mass is 32.1. The van der Waals surface area contributed by atoms with Gasteiger partial charge in [0, 0.05) is 12.4 Å². The molecule has 0 aromatic carbocycles. The van der Waals surface area contributed by atoms with Gasteiger partial charge in [-0.05, 0) is 6.92 Å². The van der Waals surface area contributed by atoms with Crippen LogP contribution in [-0.2, 0) is 0 Å².